The monoisotopic (exact) mass is 173 g/mol. The Morgan fingerprint density at radius 3 is 2.83 bits per heavy atom. The van der Waals surface area contributed by atoms with Gasteiger partial charge in [-0.1, -0.05) is 6.92 Å². The number of aliphatic hydroxyl groups excluding tert-OH is 1. The first kappa shape index (κ1) is 9.96. The number of ether oxygens (including phenoxy) is 1. The van der Waals surface area contributed by atoms with Gasteiger partial charge in [0, 0.05) is 6.61 Å². The van der Waals surface area contributed by atoms with Crippen molar-refractivity contribution in [3.63, 3.8) is 0 Å². The van der Waals surface area contributed by atoms with Crippen molar-refractivity contribution in [1.82, 2.24) is 5.32 Å². The minimum absolute atomic E-state index is 0.133. The Bertz CT molecular complexity index is 140. The van der Waals surface area contributed by atoms with Crippen molar-refractivity contribution < 1.29 is 9.84 Å². The third-order valence-electron chi connectivity index (χ3n) is 2.70. The predicted molar refractivity (Wildman–Crippen MR) is 48.1 cm³/mol. The smallest absolute Gasteiger partial charge is 0.0751 e. The molecule has 2 N–H and O–H groups in total. The van der Waals surface area contributed by atoms with Gasteiger partial charge in [-0.25, -0.2) is 0 Å². The van der Waals surface area contributed by atoms with Gasteiger partial charge < -0.3 is 15.2 Å². The molecule has 0 radical (unpaired) electrons. The highest BCUT2D eigenvalue weighted by Crippen LogP contribution is 2.24. The molecule has 3 heteroatoms. The van der Waals surface area contributed by atoms with Crippen LogP contribution < -0.4 is 5.32 Å². The van der Waals surface area contributed by atoms with E-state index in [0.29, 0.717) is 0 Å². The largest absolute Gasteiger partial charge is 0.394 e. The van der Waals surface area contributed by atoms with Gasteiger partial charge in [0.25, 0.3) is 0 Å². The van der Waals surface area contributed by atoms with Gasteiger partial charge in [-0.15, -0.1) is 0 Å². The number of rotatable bonds is 4. The standard InChI is InChI=1S/C9H19NO2/c1-3-5-10-9(7-11)4-6-12-8(9)2/h8,10-11H,3-7H2,1-2H3. The molecule has 0 aromatic carbocycles. The molecule has 1 aliphatic heterocycles. The average molecular weight is 173 g/mol. The number of aliphatic hydroxyl groups is 1. The maximum absolute atomic E-state index is 9.27. The van der Waals surface area contributed by atoms with Crippen LogP contribution in [0.5, 0.6) is 0 Å². The molecular weight excluding hydrogens is 154 g/mol. The Kier molecular flexibility index (Phi) is 3.50. The van der Waals surface area contributed by atoms with Gasteiger partial charge in [0.05, 0.1) is 18.2 Å². The van der Waals surface area contributed by atoms with Crippen LogP contribution in [0.1, 0.15) is 26.7 Å². The molecule has 1 aliphatic rings. The van der Waals surface area contributed by atoms with E-state index in [0.717, 1.165) is 26.0 Å². The molecule has 2 unspecified atom stereocenters. The lowest BCUT2D eigenvalue weighted by molar-refractivity contribution is 0.0539. The number of nitrogens with one attached hydrogen (secondary N) is 1. The maximum Gasteiger partial charge on any atom is 0.0751 e. The molecule has 1 fully saturated rings. The summed E-state index contributed by atoms with van der Waals surface area (Å²) in [5.74, 6) is 0. The first-order valence-corrected chi connectivity index (χ1v) is 4.72. The van der Waals surface area contributed by atoms with Crippen LogP contribution in [0.3, 0.4) is 0 Å². The van der Waals surface area contributed by atoms with Gasteiger partial charge in [-0.3, -0.25) is 0 Å². The molecule has 0 aromatic heterocycles. The fourth-order valence-electron chi connectivity index (χ4n) is 1.65. The molecule has 0 aromatic rings. The van der Waals surface area contributed by atoms with Crippen molar-refractivity contribution in [2.45, 2.75) is 38.3 Å². The fourth-order valence-corrected chi connectivity index (χ4v) is 1.65. The summed E-state index contributed by atoms with van der Waals surface area (Å²) in [4.78, 5) is 0. The molecule has 0 saturated carbocycles. The topological polar surface area (TPSA) is 41.5 Å². The van der Waals surface area contributed by atoms with Crippen molar-refractivity contribution in [3.05, 3.63) is 0 Å². The Hall–Kier alpha value is -0.120. The average Bonchev–Trinajstić information content (AvgIpc) is 2.45. The van der Waals surface area contributed by atoms with Gasteiger partial charge in [0.2, 0.25) is 0 Å². The van der Waals surface area contributed by atoms with Crippen LogP contribution in [0, 0.1) is 0 Å². The Balaban J connectivity index is 2.49. The molecule has 1 rings (SSSR count). The Morgan fingerprint density at radius 1 is 1.67 bits per heavy atom. The zero-order chi connectivity index (χ0) is 9.03. The van der Waals surface area contributed by atoms with E-state index in [1.807, 2.05) is 6.92 Å². The van der Waals surface area contributed by atoms with Crippen molar-refractivity contribution in [2.75, 3.05) is 19.8 Å². The van der Waals surface area contributed by atoms with Crippen LogP contribution in [0.25, 0.3) is 0 Å². The lowest BCUT2D eigenvalue weighted by Crippen LogP contribution is -2.53. The highest BCUT2D eigenvalue weighted by atomic mass is 16.5. The first-order chi connectivity index (χ1) is 5.75. The van der Waals surface area contributed by atoms with Gasteiger partial charge in [-0.05, 0) is 26.3 Å². The van der Waals surface area contributed by atoms with Crippen LogP contribution in [0.15, 0.2) is 0 Å². The van der Waals surface area contributed by atoms with Crippen molar-refractivity contribution in [1.29, 1.82) is 0 Å². The summed E-state index contributed by atoms with van der Waals surface area (Å²) < 4.78 is 5.43. The third kappa shape index (κ3) is 1.79. The Morgan fingerprint density at radius 2 is 2.42 bits per heavy atom. The Labute approximate surface area is 74.1 Å². The molecule has 12 heavy (non-hydrogen) atoms. The first-order valence-electron chi connectivity index (χ1n) is 4.72. The molecule has 0 amide bonds. The van der Waals surface area contributed by atoms with Crippen molar-refractivity contribution in [3.8, 4) is 0 Å². The van der Waals surface area contributed by atoms with Gasteiger partial charge in [0.1, 0.15) is 0 Å². The van der Waals surface area contributed by atoms with E-state index in [2.05, 4.69) is 12.2 Å². The zero-order valence-electron chi connectivity index (χ0n) is 7.97. The molecule has 3 nitrogen and oxygen atoms in total. The van der Waals surface area contributed by atoms with E-state index >= 15 is 0 Å². The number of hydrogen-bond donors (Lipinski definition) is 2. The van der Waals surface area contributed by atoms with E-state index in [-0.39, 0.29) is 18.2 Å². The van der Waals surface area contributed by atoms with Gasteiger partial charge in [0.15, 0.2) is 0 Å². The predicted octanol–water partition coefficient (Wildman–Crippen LogP) is 0.526. The van der Waals surface area contributed by atoms with Crippen LogP contribution in [0.4, 0.5) is 0 Å². The second-order valence-corrected chi connectivity index (χ2v) is 3.50. The lowest BCUT2D eigenvalue weighted by atomic mass is 9.93. The molecule has 2 atom stereocenters. The lowest BCUT2D eigenvalue weighted by Gasteiger charge is -2.31. The normalized spacial score (nSPS) is 35.8. The summed E-state index contributed by atoms with van der Waals surface area (Å²) in [5, 5.41) is 12.6. The van der Waals surface area contributed by atoms with E-state index < -0.39 is 0 Å². The second-order valence-electron chi connectivity index (χ2n) is 3.50. The fraction of sp³-hybridized carbons (Fsp3) is 1.00. The summed E-state index contributed by atoms with van der Waals surface area (Å²) in [6.07, 6.45) is 2.15. The van der Waals surface area contributed by atoms with E-state index in [1.165, 1.54) is 0 Å². The summed E-state index contributed by atoms with van der Waals surface area (Å²) >= 11 is 0. The molecular formula is C9H19NO2. The SMILES string of the molecule is CCCNC1(CO)CCOC1C. The third-order valence-corrected chi connectivity index (χ3v) is 2.70. The van der Waals surface area contributed by atoms with Crippen LogP contribution >= 0.6 is 0 Å². The second kappa shape index (κ2) is 4.21. The molecule has 0 bridgehead atoms. The van der Waals surface area contributed by atoms with Crippen LogP contribution in [-0.4, -0.2) is 36.5 Å². The summed E-state index contributed by atoms with van der Waals surface area (Å²) in [6, 6.07) is 0. The van der Waals surface area contributed by atoms with Crippen LogP contribution in [0.2, 0.25) is 0 Å². The van der Waals surface area contributed by atoms with Crippen molar-refractivity contribution >= 4 is 0 Å². The zero-order valence-corrected chi connectivity index (χ0v) is 7.97. The van der Waals surface area contributed by atoms with E-state index in [1.54, 1.807) is 0 Å². The molecule has 1 heterocycles. The van der Waals surface area contributed by atoms with E-state index in [4.69, 9.17) is 4.74 Å². The molecule has 72 valence electrons. The highest BCUT2D eigenvalue weighted by Gasteiger charge is 2.40. The minimum atomic E-state index is -0.171. The highest BCUT2D eigenvalue weighted by molar-refractivity contribution is 4.96. The van der Waals surface area contributed by atoms with Crippen molar-refractivity contribution in [2.24, 2.45) is 0 Å². The van der Waals surface area contributed by atoms with Gasteiger partial charge >= 0.3 is 0 Å². The molecule has 1 saturated heterocycles. The molecule has 0 spiro atoms. The number of hydrogen-bond acceptors (Lipinski definition) is 3. The summed E-state index contributed by atoms with van der Waals surface area (Å²) in [7, 11) is 0. The van der Waals surface area contributed by atoms with E-state index in [9.17, 15) is 5.11 Å². The van der Waals surface area contributed by atoms with Gasteiger partial charge in [-0.2, -0.15) is 0 Å². The summed E-state index contributed by atoms with van der Waals surface area (Å²) in [6.45, 7) is 6.03. The molecule has 0 aliphatic carbocycles. The van der Waals surface area contributed by atoms with Crippen LogP contribution in [-0.2, 0) is 4.74 Å². The minimum Gasteiger partial charge on any atom is -0.394 e. The maximum atomic E-state index is 9.27. The quantitative estimate of drug-likeness (QED) is 0.651. The summed E-state index contributed by atoms with van der Waals surface area (Å²) in [5.41, 5.74) is -0.171.